The second-order valence-electron chi connectivity index (χ2n) is 5.71. The number of amides is 2. The molecule has 0 saturated heterocycles. The van der Waals surface area contributed by atoms with Crippen molar-refractivity contribution in [3.8, 4) is 0 Å². The lowest BCUT2D eigenvalue weighted by Crippen LogP contribution is -2.42. The van der Waals surface area contributed by atoms with Crippen LogP contribution in [0.1, 0.15) is 37.9 Å². The van der Waals surface area contributed by atoms with Crippen LogP contribution in [-0.4, -0.2) is 35.0 Å². The van der Waals surface area contributed by atoms with Crippen molar-refractivity contribution in [2.24, 2.45) is 5.92 Å². The molecule has 1 aromatic heterocycles. The Kier molecular flexibility index (Phi) is 5.75. The summed E-state index contributed by atoms with van der Waals surface area (Å²) in [6, 6.07) is 1.64. The van der Waals surface area contributed by atoms with Gasteiger partial charge in [0.15, 0.2) is 5.82 Å². The molecular formula is C16H23N3O3. The summed E-state index contributed by atoms with van der Waals surface area (Å²) in [6.07, 6.45) is 6.84. The summed E-state index contributed by atoms with van der Waals surface area (Å²) < 4.78 is 4.90. The van der Waals surface area contributed by atoms with Gasteiger partial charge in [-0.15, -0.1) is 6.58 Å². The van der Waals surface area contributed by atoms with Gasteiger partial charge in [-0.25, -0.2) is 0 Å². The third-order valence-electron chi connectivity index (χ3n) is 3.85. The summed E-state index contributed by atoms with van der Waals surface area (Å²) in [6.45, 7) is 5.80. The van der Waals surface area contributed by atoms with Crippen molar-refractivity contribution in [3.63, 3.8) is 0 Å². The Morgan fingerprint density at radius 2 is 2.18 bits per heavy atom. The Balaban J connectivity index is 1.93. The van der Waals surface area contributed by atoms with Crippen molar-refractivity contribution in [1.82, 2.24) is 10.1 Å². The molecule has 120 valence electrons. The van der Waals surface area contributed by atoms with Crippen molar-refractivity contribution in [3.05, 3.63) is 24.5 Å². The number of carbonyl (C=O) groups is 2. The lowest BCUT2D eigenvalue weighted by molar-refractivity contribution is -0.138. The van der Waals surface area contributed by atoms with Crippen molar-refractivity contribution >= 4 is 17.6 Å². The summed E-state index contributed by atoms with van der Waals surface area (Å²) in [4.78, 5) is 26.2. The van der Waals surface area contributed by atoms with Crippen LogP contribution < -0.4 is 5.32 Å². The maximum atomic E-state index is 12.5. The summed E-state index contributed by atoms with van der Waals surface area (Å²) in [7, 11) is 0. The molecular weight excluding hydrogens is 282 g/mol. The van der Waals surface area contributed by atoms with Gasteiger partial charge in [0.05, 0.1) is 0 Å². The van der Waals surface area contributed by atoms with Gasteiger partial charge in [-0.2, -0.15) is 0 Å². The summed E-state index contributed by atoms with van der Waals surface area (Å²) in [5.41, 5.74) is 0. The number of nitrogens with zero attached hydrogens (tertiary/aromatic N) is 2. The van der Waals surface area contributed by atoms with Crippen molar-refractivity contribution in [2.75, 3.05) is 18.4 Å². The van der Waals surface area contributed by atoms with Crippen molar-refractivity contribution in [1.29, 1.82) is 0 Å². The molecule has 2 rings (SSSR count). The molecule has 1 aliphatic rings. The number of hydrogen-bond acceptors (Lipinski definition) is 4. The zero-order valence-corrected chi connectivity index (χ0v) is 13.0. The number of aromatic nitrogens is 1. The molecule has 1 N–H and O–H groups in total. The highest BCUT2D eigenvalue weighted by Crippen LogP contribution is 2.25. The molecule has 0 unspecified atom stereocenters. The fourth-order valence-corrected chi connectivity index (χ4v) is 2.78. The monoisotopic (exact) mass is 305 g/mol. The molecule has 1 aromatic rings. The first kappa shape index (κ1) is 16.3. The summed E-state index contributed by atoms with van der Waals surface area (Å²) in [5.74, 6) is 0.795. The fraction of sp³-hybridized carbons (Fsp3) is 0.562. The van der Waals surface area contributed by atoms with Gasteiger partial charge in [0.2, 0.25) is 11.8 Å². The van der Waals surface area contributed by atoms with Gasteiger partial charge in [0.25, 0.3) is 0 Å². The van der Waals surface area contributed by atoms with Crippen LogP contribution in [0.25, 0.3) is 0 Å². The average molecular weight is 305 g/mol. The van der Waals surface area contributed by atoms with Crippen LogP contribution in [0.3, 0.4) is 0 Å². The van der Waals surface area contributed by atoms with Gasteiger partial charge in [0.1, 0.15) is 12.3 Å². The van der Waals surface area contributed by atoms with Crippen molar-refractivity contribution < 1.29 is 14.1 Å². The quantitative estimate of drug-likeness (QED) is 0.819. The molecule has 6 heteroatoms. The van der Waals surface area contributed by atoms with Crippen LogP contribution in [0, 0.1) is 12.8 Å². The number of aryl methyl sites for hydroxylation is 1. The number of hydrogen-bond donors (Lipinski definition) is 1. The Bertz CT molecular complexity index is 532. The van der Waals surface area contributed by atoms with Crippen LogP contribution in [0.2, 0.25) is 0 Å². The zero-order valence-electron chi connectivity index (χ0n) is 13.0. The molecule has 0 spiro atoms. The molecule has 2 amide bonds. The van der Waals surface area contributed by atoms with E-state index in [9.17, 15) is 9.59 Å². The van der Waals surface area contributed by atoms with Crippen LogP contribution in [0.15, 0.2) is 23.2 Å². The van der Waals surface area contributed by atoms with Crippen LogP contribution in [0.4, 0.5) is 5.82 Å². The van der Waals surface area contributed by atoms with Gasteiger partial charge in [-0.05, 0) is 19.8 Å². The highest BCUT2D eigenvalue weighted by atomic mass is 16.5. The van der Waals surface area contributed by atoms with E-state index < -0.39 is 0 Å². The smallest absolute Gasteiger partial charge is 0.245 e. The fourth-order valence-electron chi connectivity index (χ4n) is 2.78. The second kappa shape index (κ2) is 7.77. The number of anilines is 1. The highest BCUT2D eigenvalue weighted by molar-refractivity contribution is 5.94. The van der Waals surface area contributed by atoms with E-state index in [0.717, 1.165) is 25.7 Å². The molecule has 0 bridgehead atoms. The highest BCUT2D eigenvalue weighted by Gasteiger charge is 2.26. The lowest BCUT2D eigenvalue weighted by atomic mass is 9.88. The van der Waals surface area contributed by atoms with Gasteiger partial charge >= 0.3 is 0 Å². The molecule has 0 aromatic carbocycles. The summed E-state index contributed by atoms with van der Waals surface area (Å²) in [5, 5.41) is 6.35. The van der Waals surface area contributed by atoms with E-state index in [2.05, 4.69) is 17.1 Å². The van der Waals surface area contributed by atoms with E-state index >= 15 is 0 Å². The minimum Gasteiger partial charge on any atom is -0.360 e. The maximum absolute atomic E-state index is 12.5. The van der Waals surface area contributed by atoms with Crippen LogP contribution in [-0.2, 0) is 9.59 Å². The summed E-state index contributed by atoms with van der Waals surface area (Å²) >= 11 is 0. The molecule has 0 atom stereocenters. The molecule has 1 fully saturated rings. The number of rotatable bonds is 6. The van der Waals surface area contributed by atoms with E-state index in [1.807, 2.05) is 0 Å². The van der Waals surface area contributed by atoms with Crippen LogP contribution >= 0.6 is 0 Å². The number of carbonyl (C=O) groups excluding carboxylic acids is 2. The Morgan fingerprint density at radius 3 is 2.77 bits per heavy atom. The second-order valence-corrected chi connectivity index (χ2v) is 5.71. The van der Waals surface area contributed by atoms with Gasteiger partial charge in [-0.3, -0.25) is 9.59 Å². The Labute approximate surface area is 130 Å². The normalized spacial score (nSPS) is 15.3. The first-order valence-electron chi connectivity index (χ1n) is 7.73. The zero-order chi connectivity index (χ0) is 15.9. The Hall–Kier alpha value is -2.11. The topological polar surface area (TPSA) is 75.4 Å². The van der Waals surface area contributed by atoms with Gasteiger partial charge in [-0.1, -0.05) is 30.5 Å². The predicted molar refractivity (Wildman–Crippen MR) is 83.2 cm³/mol. The Morgan fingerprint density at radius 1 is 1.45 bits per heavy atom. The minimum atomic E-state index is -0.278. The molecule has 0 aliphatic heterocycles. The van der Waals surface area contributed by atoms with Gasteiger partial charge in [0, 0.05) is 18.5 Å². The number of nitrogens with one attached hydrogen (secondary N) is 1. The molecule has 0 radical (unpaired) electrons. The largest absolute Gasteiger partial charge is 0.360 e. The molecule has 1 saturated carbocycles. The molecule has 1 heterocycles. The predicted octanol–water partition coefficient (Wildman–Crippen LogP) is 2.52. The maximum Gasteiger partial charge on any atom is 0.245 e. The molecule has 1 aliphatic carbocycles. The van der Waals surface area contributed by atoms with Crippen LogP contribution in [0.5, 0.6) is 0 Å². The molecule has 22 heavy (non-hydrogen) atoms. The first-order chi connectivity index (χ1) is 10.6. The van der Waals surface area contributed by atoms with E-state index in [0.29, 0.717) is 18.1 Å². The standard InChI is InChI=1S/C16H23N3O3/c1-3-9-19(16(21)13-7-5-4-6-8-13)11-15(20)17-14-10-12(2)22-18-14/h3,10,13H,1,4-9,11H2,2H3,(H,17,18,20). The lowest BCUT2D eigenvalue weighted by Gasteiger charge is -2.28. The average Bonchev–Trinajstić information content (AvgIpc) is 2.92. The van der Waals surface area contributed by atoms with E-state index in [1.165, 1.54) is 6.42 Å². The molecule has 6 nitrogen and oxygen atoms in total. The third kappa shape index (κ3) is 4.44. The SMILES string of the molecule is C=CCN(CC(=O)Nc1cc(C)on1)C(=O)C1CCCCC1. The van der Waals surface area contributed by atoms with E-state index in [4.69, 9.17) is 4.52 Å². The van der Waals surface area contributed by atoms with Gasteiger partial charge < -0.3 is 14.7 Å². The van der Waals surface area contributed by atoms with E-state index in [-0.39, 0.29) is 24.3 Å². The minimum absolute atomic E-state index is 0.00720. The first-order valence-corrected chi connectivity index (χ1v) is 7.73. The third-order valence-corrected chi connectivity index (χ3v) is 3.85. The van der Waals surface area contributed by atoms with E-state index in [1.54, 1.807) is 24.0 Å². The van der Waals surface area contributed by atoms with Crippen molar-refractivity contribution in [2.45, 2.75) is 39.0 Å².